The van der Waals surface area contributed by atoms with E-state index in [2.05, 4.69) is 20.1 Å². The van der Waals surface area contributed by atoms with Crippen LogP contribution in [0.4, 0.5) is 22.9 Å². The number of nitrogens with one attached hydrogen (secondary N) is 1. The molecule has 0 bridgehead atoms. The summed E-state index contributed by atoms with van der Waals surface area (Å²) in [6.45, 7) is 3.91. The second-order valence-electron chi connectivity index (χ2n) is 7.04. The molecule has 0 amide bonds. The lowest BCUT2D eigenvalue weighted by Gasteiger charge is -2.10. The van der Waals surface area contributed by atoms with E-state index >= 15 is 0 Å². The van der Waals surface area contributed by atoms with Gasteiger partial charge in [-0.15, -0.1) is 5.11 Å². The van der Waals surface area contributed by atoms with Crippen LogP contribution in [0.1, 0.15) is 6.92 Å². The number of para-hydroxylation sites is 1. The van der Waals surface area contributed by atoms with Crippen molar-refractivity contribution in [3.63, 3.8) is 0 Å². The maximum atomic E-state index is 13.3. The highest BCUT2D eigenvalue weighted by atomic mass is 16.6. The number of benzene rings is 2. The van der Waals surface area contributed by atoms with Crippen LogP contribution in [0, 0.1) is 10.1 Å². The van der Waals surface area contributed by atoms with Crippen LogP contribution in [0.3, 0.4) is 0 Å². The monoisotopic (exact) mass is 402 g/mol. The minimum Gasteiger partial charge on any atom is -0.368 e. The lowest BCUT2D eigenvalue weighted by atomic mass is 10.2. The summed E-state index contributed by atoms with van der Waals surface area (Å²) >= 11 is 0. The van der Waals surface area contributed by atoms with E-state index in [1.54, 1.807) is 16.7 Å². The molecule has 2 aromatic carbocycles. The van der Waals surface area contributed by atoms with Crippen LogP contribution in [0.2, 0.25) is 0 Å². The van der Waals surface area contributed by atoms with Gasteiger partial charge in [0.1, 0.15) is 5.82 Å². The molecule has 1 aliphatic rings. The summed E-state index contributed by atoms with van der Waals surface area (Å²) in [5, 5.41) is 24.5. The minimum absolute atomic E-state index is 0.00345. The molecule has 0 fully saturated rings. The van der Waals surface area contributed by atoms with Crippen LogP contribution < -0.4 is 10.9 Å². The average Bonchev–Trinajstić information content (AvgIpc) is 3.37. The summed E-state index contributed by atoms with van der Waals surface area (Å²) < 4.78 is 3.79. The second-order valence-corrected chi connectivity index (χ2v) is 7.04. The number of non-ortho nitro benzene ring substituents is 1. The van der Waals surface area contributed by atoms with Gasteiger partial charge in [-0.1, -0.05) is 18.2 Å². The molecule has 1 N–H and O–H groups in total. The van der Waals surface area contributed by atoms with E-state index in [0.29, 0.717) is 42.2 Å². The molecule has 0 saturated carbocycles. The van der Waals surface area contributed by atoms with Crippen molar-refractivity contribution >= 4 is 44.7 Å². The Kier molecular flexibility index (Phi) is 4.09. The molecule has 0 aliphatic carbocycles. The molecule has 2 aromatic heterocycles. The fourth-order valence-electron chi connectivity index (χ4n) is 4.09. The molecule has 3 heterocycles. The zero-order valence-electron chi connectivity index (χ0n) is 16.2. The van der Waals surface area contributed by atoms with Gasteiger partial charge in [0, 0.05) is 42.7 Å². The van der Waals surface area contributed by atoms with Crippen molar-refractivity contribution in [1.82, 2.24) is 9.13 Å². The van der Waals surface area contributed by atoms with E-state index in [9.17, 15) is 14.9 Å². The van der Waals surface area contributed by atoms with Crippen LogP contribution >= 0.6 is 0 Å². The Hall–Kier alpha value is -4.01. The second kappa shape index (κ2) is 6.80. The fourth-order valence-corrected chi connectivity index (χ4v) is 4.09. The molecule has 30 heavy (non-hydrogen) atoms. The maximum Gasteiger partial charge on any atom is 0.269 e. The number of rotatable bonds is 4. The first-order valence-electron chi connectivity index (χ1n) is 9.68. The SMILES string of the molecule is CCn1c2ccccc2c2c(=O)n3c(c(N=Nc4ccc([N+](=O)[O-])cc4)c21)NCC3. The van der Waals surface area contributed by atoms with Crippen molar-refractivity contribution in [3.8, 4) is 0 Å². The van der Waals surface area contributed by atoms with Gasteiger partial charge in [0.25, 0.3) is 11.2 Å². The van der Waals surface area contributed by atoms with Gasteiger partial charge in [-0.25, -0.2) is 0 Å². The van der Waals surface area contributed by atoms with Gasteiger partial charge in [0.15, 0.2) is 5.69 Å². The van der Waals surface area contributed by atoms with Gasteiger partial charge in [-0.3, -0.25) is 19.5 Å². The first-order chi connectivity index (χ1) is 14.6. The van der Waals surface area contributed by atoms with Crippen molar-refractivity contribution in [3.05, 3.63) is 69.0 Å². The molecule has 0 spiro atoms. The Morgan fingerprint density at radius 2 is 1.90 bits per heavy atom. The van der Waals surface area contributed by atoms with E-state index < -0.39 is 4.92 Å². The number of hydrogen-bond acceptors (Lipinski definition) is 6. The highest BCUT2D eigenvalue weighted by molar-refractivity contribution is 6.12. The Balaban J connectivity index is 1.78. The van der Waals surface area contributed by atoms with E-state index in [1.165, 1.54) is 12.1 Å². The molecular weight excluding hydrogens is 384 g/mol. The molecule has 5 rings (SSSR count). The fraction of sp³-hybridized carbons (Fsp3) is 0.190. The van der Waals surface area contributed by atoms with E-state index in [4.69, 9.17) is 0 Å². The average molecular weight is 402 g/mol. The number of fused-ring (bicyclic) bond motifs is 4. The van der Waals surface area contributed by atoms with Crippen molar-refractivity contribution < 1.29 is 4.92 Å². The molecule has 4 aromatic rings. The van der Waals surface area contributed by atoms with Crippen LogP contribution in [-0.4, -0.2) is 20.6 Å². The van der Waals surface area contributed by atoms with Gasteiger partial charge in [-0.05, 0) is 25.1 Å². The Morgan fingerprint density at radius 3 is 2.63 bits per heavy atom. The molecular formula is C21H18N6O3. The quantitative estimate of drug-likeness (QED) is 0.303. The summed E-state index contributed by atoms with van der Waals surface area (Å²) in [5.74, 6) is 0.649. The lowest BCUT2D eigenvalue weighted by molar-refractivity contribution is -0.384. The van der Waals surface area contributed by atoms with Gasteiger partial charge >= 0.3 is 0 Å². The Morgan fingerprint density at radius 1 is 1.13 bits per heavy atom. The highest BCUT2D eigenvalue weighted by Gasteiger charge is 2.25. The van der Waals surface area contributed by atoms with Gasteiger partial charge in [-0.2, -0.15) is 5.11 Å². The number of pyridine rings is 1. The largest absolute Gasteiger partial charge is 0.368 e. The smallest absolute Gasteiger partial charge is 0.269 e. The molecule has 1 aliphatic heterocycles. The number of nitrogens with zero attached hydrogens (tertiary/aromatic N) is 5. The van der Waals surface area contributed by atoms with E-state index in [1.807, 2.05) is 31.2 Å². The molecule has 0 radical (unpaired) electrons. The standard InChI is InChI=1S/C21H18N6O3/c1-2-25-16-6-4-3-5-15(16)17-19(25)18(20-22-11-12-26(20)21(17)28)24-23-13-7-9-14(10-8-13)27(29)30/h3-10,22H,2,11-12H2,1H3. The number of aryl methyl sites for hydroxylation is 1. The number of azo groups is 1. The number of aromatic nitrogens is 2. The van der Waals surface area contributed by atoms with Crippen LogP contribution in [0.5, 0.6) is 0 Å². The van der Waals surface area contributed by atoms with Crippen molar-refractivity contribution in [2.75, 3.05) is 11.9 Å². The lowest BCUT2D eigenvalue weighted by Crippen LogP contribution is -2.18. The summed E-state index contributed by atoms with van der Waals surface area (Å²) in [5.41, 5.74) is 2.77. The Bertz CT molecular complexity index is 1400. The van der Waals surface area contributed by atoms with Gasteiger partial charge in [0.05, 0.1) is 21.5 Å². The summed E-state index contributed by atoms with van der Waals surface area (Å²) in [6, 6.07) is 13.7. The third kappa shape index (κ3) is 2.59. The molecule has 9 nitrogen and oxygen atoms in total. The first kappa shape index (κ1) is 18.0. The van der Waals surface area contributed by atoms with Crippen LogP contribution in [0.15, 0.2) is 63.6 Å². The number of nitro groups is 1. The van der Waals surface area contributed by atoms with Gasteiger partial charge < -0.3 is 9.88 Å². The Labute approximate surface area is 170 Å². The third-order valence-electron chi connectivity index (χ3n) is 5.42. The van der Waals surface area contributed by atoms with Gasteiger partial charge in [0.2, 0.25) is 0 Å². The third-order valence-corrected chi connectivity index (χ3v) is 5.42. The first-order valence-corrected chi connectivity index (χ1v) is 9.68. The van der Waals surface area contributed by atoms with Crippen molar-refractivity contribution in [2.24, 2.45) is 10.2 Å². The molecule has 9 heteroatoms. The molecule has 0 saturated heterocycles. The molecule has 150 valence electrons. The molecule has 0 unspecified atom stereocenters. The number of hydrogen-bond donors (Lipinski definition) is 1. The molecule has 0 atom stereocenters. The zero-order valence-corrected chi connectivity index (χ0v) is 16.2. The predicted molar refractivity (Wildman–Crippen MR) is 115 cm³/mol. The van der Waals surface area contributed by atoms with Crippen LogP contribution in [0.25, 0.3) is 21.8 Å². The predicted octanol–water partition coefficient (Wildman–Crippen LogP) is 4.73. The maximum absolute atomic E-state index is 13.3. The normalized spacial score (nSPS) is 13.2. The minimum atomic E-state index is -0.454. The van der Waals surface area contributed by atoms with Crippen LogP contribution in [-0.2, 0) is 13.1 Å². The van der Waals surface area contributed by atoms with Crippen molar-refractivity contribution in [1.29, 1.82) is 0 Å². The number of anilines is 1. The summed E-state index contributed by atoms with van der Waals surface area (Å²) in [6.07, 6.45) is 0. The van der Waals surface area contributed by atoms with Crippen molar-refractivity contribution in [2.45, 2.75) is 20.0 Å². The number of nitro benzene ring substituents is 1. The summed E-state index contributed by atoms with van der Waals surface area (Å²) in [7, 11) is 0. The summed E-state index contributed by atoms with van der Waals surface area (Å²) in [4.78, 5) is 23.7. The highest BCUT2D eigenvalue weighted by Crippen LogP contribution is 2.39. The zero-order chi connectivity index (χ0) is 20.8. The van der Waals surface area contributed by atoms with E-state index in [0.717, 1.165) is 16.4 Å². The topological polar surface area (TPSA) is 107 Å². The van der Waals surface area contributed by atoms with E-state index in [-0.39, 0.29) is 11.2 Å².